The van der Waals surface area contributed by atoms with Gasteiger partial charge in [0.1, 0.15) is 18.5 Å². The van der Waals surface area contributed by atoms with Crippen LogP contribution in [0.2, 0.25) is 5.02 Å². The Morgan fingerprint density at radius 1 is 0.538 bits per heavy atom. The zero-order chi connectivity index (χ0) is 49.8. The average molecular weight is 989 g/mol. The van der Waals surface area contributed by atoms with E-state index in [1.807, 2.05) is 0 Å². The molecular formula is C36H31ClF18N6O4. The third-order valence-electron chi connectivity index (χ3n) is 8.45. The van der Waals surface area contributed by atoms with E-state index in [9.17, 15) is 88.6 Å². The molecule has 362 valence electrons. The first kappa shape index (κ1) is 54.1. The highest BCUT2D eigenvalue weighted by Crippen LogP contribution is 2.45. The van der Waals surface area contributed by atoms with Crippen LogP contribution < -0.4 is 20.9 Å². The van der Waals surface area contributed by atoms with Crippen molar-refractivity contribution in [3.63, 3.8) is 0 Å². The third kappa shape index (κ3) is 13.0. The molecule has 2 aromatic carbocycles. The molecule has 29 heteroatoms. The highest BCUT2D eigenvalue weighted by atomic mass is 35.5. The summed E-state index contributed by atoms with van der Waals surface area (Å²) in [7, 11) is 0. The molecule has 0 atom stereocenters. The van der Waals surface area contributed by atoms with Gasteiger partial charge in [-0.15, -0.1) is 0 Å². The Hall–Kier alpha value is -5.25. The van der Waals surface area contributed by atoms with Gasteiger partial charge in [0.25, 0.3) is 11.1 Å². The molecule has 4 rings (SSSR count). The number of aromatic nitrogens is 4. The molecule has 0 aliphatic heterocycles. The minimum absolute atomic E-state index is 0.103. The Morgan fingerprint density at radius 2 is 0.938 bits per heavy atom. The highest BCUT2D eigenvalue weighted by Gasteiger charge is 2.44. The van der Waals surface area contributed by atoms with Gasteiger partial charge in [-0.3, -0.25) is 28.5 Å². The number of anilines is 4. The van der Waals surface area contributed by atoms with Gasteiger partial charge < -0.3 is 9.47 Å². The van der Waals surface area contributed by atoms with Crippen LogP contribution in [0.4, 0.5) is 102 Å². The van der Waals surface area contributed by atoms with Crippen LogP contribution in [0.1, 0.15) is 61.3 Å². The van der Waals surface area contributed by atoms with Crippen LogP contribution in [0, 0.1) is 0 Å². The molecule has 0 saturated heterocycles. The fourth-order valence-corrected chi connectivity index (χ4v) is 5.78. The molecule has 0 bridgehead atoms. The van der Waals surface area contributed by atoms with E-state index < -0.39 is 124 Å². The molecule has 0 amide bonds. The highest BCUT2D eigenvalue weighted by molar-refractivity contribution is 6.31. The molecule has 10 nitrogen and oxygen atoms in total. The van der Waals surface area contributed by atoms with Gasteiger partial charge in [0.15, 0.2) is 11.4 Å². The van der Waals surface area contributed by atoms with Gasteiger partial charge in [0, 0.05) is 32.4 Å². The molecule has 0 unspecified atom stereocenters. The van der Waals surface area contributed by atoms with E-state index in [2.05, 4.69) is 9.97 Å². The zero-order valence-corrected chi connectivity index (χ0v) is 34.0. The van der Waals surface area contributed by atoms with Crippen molar-refractivity contribution in [2.75, 3.05) is 36.5 Å². The summed E-state index contributed by atoms with van der Waals surface area (Å²) in [6.07, 6.45) is -31.3. The fraction of sp³-hybridized carbons (Fsp3) is 0.444. The van der Waals surface area contributed by atoms with E-state index in [1.54, 1.807) is 0 Å². The van der Waals surface area contributed by atoms with Gasteiger partial charge in [0.05, 0.1) is 33.6 Å². The first-order valence-corrected chi connectivity index (χ1v) is 18.4. The van der Waals surface area contributed by atoms with Crippen molar-refractivity contribution >= 4 is 34.9 Å². The van der Waals surface area contributed by atoms with E-state index in [0.717, 1.165) is 0 Å². The second-order valence-corrected chi connectivity index (χ2v) is 13.1. The maximum absolute atomic E-state index is 13.7. The van der Waals surface area contributed by atoms with Crippen LogP contribution in [0.3, 0.4) is 0 Å². The summed E-state index contributed by atoms with van der Waals surface area (Å²) in [5.41, 5.74) is -15.0. The van der Waals surface area contributed by atoms with Crippen LogP contribution in [-0.2, 0) is 59.6 Å². The summed E-state index contributed by atoms with van der Waals surface area (Å²) in [6.45, 7) is 2.88. The van der Waals surface area contributed by atoms with Gasteiger partial charge in [-0.2, -0.15) is 79.0 Å². The molecule has 65 heavy (non-hydrogen) atoms. The molecule has 2 heterocycles. The lowest BCUT2D eigenvalue weighted by molar-refractivity contribution is -0.144. The summed E-state index contributed by atoms with van der Waals surface area (Å²) in [4.78, 5) is 32.1. The van der Waals surface area contributed by atoms with E-state index in [0.29, 0.717) is 43.2 Å². The van der Waals surface area contributed by atoms with Gasteiger partial charge in [-0.25, -0.2) is 9.97 Å². The van der Waals surface area contributed by atoms with Crippen LogP contribution in [0.25, 0.3) is 0 Å². The maximum atomic E-state index is 13.7. The Bertz CT molecular complexity index is 2410. The monoisotopic (exact) mass is 988 g/mol. The summed E-state index contributed by atoms with van der Waals surface area (Å²) in [6, 6.07) is 1.32. The number of alkyl halides is 18. The second kappa shape index (κ2) is 20.1. The molecule has 0 fully saturated rings. The van der Waals surface area contributed by atoms with E-state index in [1.165, 1.54) is 27.7 Å². The van der Waals surface area contributed by atoms with Crippen LogP contribution in [-0.4, -0.2) is 45.8 Å². The molecule has 2 aromatic heterocycles. The molecule has 0 radical (unpaired) electrons. The predicted molar refractivity (Wildman–Crippen MR) is 194 cm³/mol. The molecule has 4 aromatic rings. The van der Waals surface area contributed by atoms with E-state index in [4.69, 9.17) is 21.1 Å². The minimum Gasteiger partial charge on any atom is -0.361 e. The largest absolute Gasteiger partial charge is 0.435 e. The number of halogens is 19. The smallest absolute Gasteiger partial charge is 0.361 e. The molecule has 0 aliphatic rings. The Morgan fingerprint density at radius 3 is 1.26 bits per heavy atom. The summed E-state index contributed by atoms with van der Waals surface area (Å²) >= 11 is 5.49. The van der Waals surface area contributed by atoms with E-state index in [-0.39, 0.29) is 44.5 Å². The molecule has 0 spiro atoms. The summed E-state index contributed by atoms with van der Waals surface area (Å²) < 4.78 is 251. The number of nitrogens with zero attached hydrogens (tertiary/aromatic N) is 6. The molecule has 0 aliphatic carbocycles. The SMILES string of the molecule is CCOCN(c1ccc(C(F)(F)F)cc1C(F)(F)F)c1nc(C(F)(F)F)c(Cl)c(=O)n1CC.CCOCN(c1ccc(C(F)(F)F)cc1C(F)(F)F)c1nc(C(F)(F)F)cc(=O)n1CC. The van der Waals surface area contributed by atoms with Crippen molar-refractivity contribution in [1.82, 2.24) is 19.1 Å². The van der Waals surface area contributed by atoms with Crippen LogP contribution >= 0.6 is 11.6 Å². The Balaban J connectivity index is 0.000000345. The predicted octanol–water partition coefficient (Wildman–Crippen LogP) is 11.6. The van der Waals surface area contributed by atoms with Crippen LogP contribution in [0.15, 0.2) is 52.1 Å². The van der Waals surface area contributed by atoms with Crippen molar-refractivity contribution in [2.24, 2.45) is 0 Å². The first-order chi connectivity index (χ1) is 29.6. The standard InChI is InChI=1S/C18H15ClF9N3O2.C18H16F9N3O2/c1-3-30-14(32)12(19)13(18(26,27)28)29-15(30)31(8-33-4-2)11-6-5-9(16(20,21)22)7-10(11)17(23,24)25;1-3-29-14(31)8-13(18(25,26)27)28-15(29)30(9-32-4-2)12-6-5-10(16(19,20)21)7-11(12)17(22,23)24/h5-7H,3-4,8H2,1-2H3;5-8H,3-4,9H2,1-2H3. The lowest BCUT2D eigenvalue weighted by atomic mass is 10.1. The van der Waals surface area contributed by atoms with Gasteiger partial charge in [0.2, 0.25) is 11.9 Å². The number of benzene rings is 2. The van der Waals surface area contributed by atoms with Crippen molar-refractivity contribution in [3.05, 3.63) is 102 Å². The quantitative estimate of drug-likeness (QED) is 0.102. The minimum atomic E-state index is -5.35. The van der Waals surface area contributed by atoms with Crippen molar-refractivity contribution in [3.8, 4) is 0 Å². The summed E-state index contributed by atoms with van der Waals surface area (Å²) in [5, 5.41) is -1.31. The van der Waals surface area contributed by atoms with Crippen molar-refractivity contribution in [2.45, 2.75) is 77.8 Å². The van der Waals surface area contributed by atoms with E-state index >= 15 is 0 Å². The van der Waals surface area contributed by atoms with Crippen LogP contribution in [0.5, 0.6) is 0 Å². The van der Waals surface area contributed by atoms with Gasteiger partial charge in [-0.05, 0) is 64.1 Å². The molecular weight excluding hydrogens is 958 g/mol. The zero-order valence-electron chi connectivity index (χ0n) is 33.3. The average Bonchev–Trinajstić information content (AvgIpc) is 3.17. The topological polar surface area (TPSA) is 94.7 Å². The molecule has 0 saturated carbocycles. The Kier molecular flexibility index (Phi) is 16.7. The maximum Gasteiger partial charge on any atom is 0.435 e. The lowest BCUT2D eigenvalue weighted by Crippen LogP contribution is -2.35. The lowest BCUT2D eigenvalue weighted by Gasteiger charge is -2.29. The van der Waals surface area contributed by atoms with Crippen molar-refractivity contribution < 1.29 is 88.5 Å². The fourth-order valence-electron chi connectivity index (χ4n) is 5.53. The van der Waals surface area contributed by atoms with Crippen molar-refractivity contribution in [1.29, 1.82) is 0 Å². The first-order valence-electron chi connectivity index (χ1n) is 18.0. The molecule has 0 N–H and O–H groups in total. The third-order valence-corrected chi connectivity index (χ3v) is 8.79. The van der Waals surface area contributed by atoms with Gasteiger partial charge >= 0.3 is 37.1 Å². The second-order valence-electron chi connectivity index (χ2n) is 12.7. The number of ether oxygens (including phenoxy) is 2. The van der Waals surface area contributed by atoms with Gasteiger partial charge in [-0.1, -0.05) is 11.6 Å². The number of rotatable bonds is 12. The number of hydrogen-bond donors (Lipinski definition) is 0. The summed E-state index contributed by atoms with van der Waals surface area (Å²) in [5.74, 6) is -1.82. The normalized spacial score (nSPS) is 12.8. The number of hydrogen-bond acceptors (Lipinski definition) is 8. The Labute approximate surface area is 358 Å².